The van der Waals surface area contributed by atoms with E-state index in [2.05, 4.69) is 36.5 Å². The summed E-state index contributed by atoms with van der Waals surface area (Å²) in [6.07, 6.45) is 4.44. The fourth-order valence-electron chi connectivity index (χ4n) is 2.59. The third-order valence-electron chi connectivity index (χ3n) is 3.96. The molecule has 0 unspecified atom stereocenters. The fraction of sp³-hybridized carbons (Fsp3) is 0.200. The number of anilines is 3. The number of hydrogen-bond donors (Lipinski definition) is 3. The van der Waals surface area contributed by atoms with Crippen molar-refractivity contribution in [2.24, 2.45) is 0 Å². The van der Waals surface area contributed by atoms with Gasteiger partial charge in [-0.1, -0.05) is 36.0 Å². The zero-order valence-electron chi connectivity index (χ0n) is 14.9. The average molecular weight is 445 g/mol. The van der Waals surface area contributed by atoms with Crippen LogP contribution in [0, 0.1) is 0 Å². The molecule has 1 heterocycles. The summed E-state index contributed by atoms with van der Waals surface area (Å²) in [6, 6.07) is 16.0. The first kappa shape index (κ1) is 19.7. The first-order valence-corrected chi connectivity index (χ1v) is 10.6. The highest BCUT2D eigenvalue weighted by Crippen LogP contribution is 2.25. The van der Waals surface area contributed by atoms with Crippen molar-refractivity contribution < 1.29 is 5.11 Å². The molecule has 0 saturated carbocycles. The Labute approximate surface area is 171 Å². The number of benzene rings is 2. The molecule has 27 heavy (non-hydrogen) atoms. The van der Waals surface area contributed by atoms with Gasteiger partial charge in [-0.15, -0.1) is 0 Å². The number of hydrogen-bond acceptors (Lipinski definition) is 6. The molecule has 2 aromatic carbocycles. The molecule has 7 heteroatoms. The molecule has 1 aromatic heterocycles. The molecule has 0 atom stereocenters. The summed E-state index contributed by atoms with van der Waals surface area (Å²) in [6.45, 7) is 0.727. The van der Waals surface area contributed by atoms with Crippen LogP contribution in [0.3, 0.4) is 0 Å². The first-order valence-electron chi connectivity index (χ1n) is 8.54. The maximum Gasteiger partial charge on any atom is 0.189 e. The highest BCUT2D eigenvalue weighted by Gasteiger charge is 2.09. The lowest BCUT2D eigenvalue weighted by Crippen LogP contribution is -2.07. The molecule has 140 valence electrons. The third kappa shape index (κ3) is 5.45. The Hall–Kier alpha value is -2.09. The van der Waals surface area contributed by atoms with Gasteiger partial charge >= 0.3 is 0 Å². The molecule has 0 spiro atoms. The number of aromatic nitrogens is 2. The van der Waals surface area contributed by atoms with Crippen LogP contribution >= 0.6 is 27.7 Å². The van der Waals surface area contributed by atoms with Crippen LogP contribution in [0.5, 0.6) is 0 Å². The van der Waals surface area contributed by atoms with Gasteiger partial charge in [0.2, 0.25) is 0 Å². The average Bonchev–Trinajstić information content (AvgIpc) is 2.68. The molecular formula is C20H21BrN4OS. The van der Waals surface area contributed by atoms with Crippen molar-refractivity contribution in [3.8, 4) is 0 Å². The number of thioether (sulfide) groups is 1. The van der Waals surface area contributed by atoms with Gasteiger partial charge in [-0.2, -0.15) is 0 Å². The van der Waals surface area contributed by atoms with Crippen molar-refractivity contribution in [2.75, 3.05) is 23.5 Å². The van der Waals surface area contributed by atoms with E-state index in [4.69, 9.17) is 5.11 Å². The van der Waals surface area contributed by atoms with Crippen molar-refractivity contribution in [1.82, 2.24) is 9.97 Å². The minimum atomic E-state index is 0.134. The highest BCUT2D eigenvalue weighted by atomic mass is 79.9. The summed E-state index contributed by atoms with van der Waals surface area (Å²) in [4.78, 5) is 9.04. The summed E-state index contributed by atoms with van der Waals surface area (Å²) in [7, 11) is 0. The molecule has 0 amide bonds. The highest BCUT2D eigenvalue weighted by molar-refractivity contribution is 9.10. The quantitative estimate of drug-likeness (QED) is 0.340. The molecule has 3 aromatic rings. The maximum absolute atomic E-state index is 9.16. The number of para-hydroxylation sites is 1. The Kier molecular flexibility index (Phi) is 7.09. The smallest absolute Gasteiger partial charge is 0.189 e. The van der Waals surface area contributed by atoms with E-state index >= 15 is 0 Å². The number of halogens is 1. The van der Waals surface area contributed by atoms with Crippen LogP contribution in [0.1, 0.15) is 11.1 Å². The van der Waals surface area contributed by atoms with E-state index in [1.165, 1.54) is 11.8 Å². The molecule has 0 aliphatic heterocycles. The zero-order chi connectivity index (χ0) is 19.1. The summed E-state index contributed by atoms with van der Waals surface area (Å²) >= 11 is 5.06. The van der Waals surface area contributed by atoms with E-state index < -0.39 is 0 Å². The van der Waals surface area contributed by atoms with E-state index in [9.17, 15) is 0 Å². The molecule has 0 radical (unpaired) electrons. The Morgan fingerprint density at radius 2 is 2.00 bits per heavy atom. The van der Waals surface area contributed by atoms with Crippen molar-refractivity contribution in [3.63, 3.8) is 0 Å². The number of rotatable bonds is 8. The first-order chi connectivity index (χ1) is 13.2. The van der Waals surface area contributed by atoms with Gasteiger partial charge in [0.15, 0.2) is 5.16 Å². The number of nitrogens with zero attached hydrogens (tertiary/aromatic N) is 2. The lowest BCUT2D eigenvalue weighted by atomic mass is 10.1. The molecule has 0 aliphatic carbocycles. The Balaban J connectivity index is 1.82. The van der Waals surface area contributed by atoms with Gasteiger partial charge in [0, 0.05) is 40.8 Å². The maximum atomic E-state index is 9.16. The number of aliphatic hydroxyl groups is 1. The van der Waals surface area contributed by atoms with E-state index in [-0.39, 0.29) is 6.61 Å². The zero-order valence-corrected chi connectivity index (χ0v) is 17.3. The summed E-state index contributed by atoms with van der Waals surface area (Å²) in [5.74, 6) is 0.773. The molecule has 0 fully saturated rings. The molecule has 0 bridgehead atoms. The van der Waals surface area contributed by atoms with Gasteiger partial charge in [0.1, 0.15) is 5.82 Å². The van der Waals surface area contributed by atoms with E-state index in [1.807, 2.05) is 61.0 Å². The molecular weight excluding hydrogens is 424 g/mol. The van der Waals surface area contributed by atoms with Gasteiger partial charge in [0.25, 0.3) is 0 Å². The minimum absolute atomic E-state index is 0.134. The van der Waals surface area contributed by atoms with E-state index in [0.29, 0.717) is 18.1 Å². The molecule has 0 saturated heterocycles. The topological polar surface area (TPSA) is 70.1 Å². The van der Waals surface area contributed by atoms with Crippen molar-refractivity contribution in [2.45, 2.75) is 18.1 Å². The second kappa shape index (κ2) is 9.73. The van der Waals surface area contributed by atoms with Gasteiger partial charge in [-0.3, -0.25) is 0 Å². The van der Waals surface area contributed by atoms with Gasteiger partial charge in [-0.05, 0) is 58.4 Å². The van der Waals surface area contributed by atoms with Crippen LogP contribution in [-0.4, -0.2) is 27.9 Å². The minimum Gasteiger partial charge on any atom is -0.396 e. The Morgan fingerprint density at radius 3 is 2.78 bits per heavy atom. The normalized spacial score (nSPS) is 10.6. The predicted octanol–water partition coefficient (Wildman–Crippen LogP) is 4.85. The SMILES string of the molecule is CSc1ncc(CNc2ccccc2Br)c(Nc2cccc(CCO)c2)n1. The number of nitrogens with one attached hydrogen (secondary N) is 2. The second-order valence-corrected chi connectivity index (χ2v) is 7.49. The molecule has 0 aliphatic rings. The standard InChI is InChI=1S/C20H21BrN4OS/c1-27-20-23-13-15(12-22-18-8-3-2-7-17(18)21)19(25-20)24-16-6-4-5-14(11-16)9-10-26/h2-8,11,13,22,26H,9-10,12H2,1H3,(H,23,24,25). The van der Waals surface area contributed by atoms with E-state index in [1.54, 1.807) is 0 Å². The Morgan fingerprint density at radius 1 is 1.15 bits per heavy atom. The lowest BCUT2D eigenvalue weighted by Gasteiger charge is -2.14. The third-order valence-corrected chi connectivity index (χ3v) is 5.21. The molecule has 5 nitrogen and oxygen atoms in total. The van der Waals surface area contributed by atoms with Crippen LogP contribution in [0.4, 0.5) is 17.2 Å². The second-order valence-electron chi connectivity index (χ2n) is 5.86. The van der Waals surface area contributed by atoms with Gasteiger partial charge in [0.05, 0.1) is 0 Å². The molecule has 3 N–H and O–H groups in total. The molecule has 3 rings (SSSR count). The van der Waals surface area contributed by atoms with Crippen LogP contribution in [0.2, 0.25) is 0 Å². The van der Waals surface area contributed by atoms with Crippen molar-refractivity contribution in [3.05, 3.63) is 70.3 Å². The Bertz CT molecular complexity index is 907. The van der Waals surface area contributed by atoms with E-state index in [0.717, 1.165) is 32.8 Å². The monoisotopic (exact) mass is 444 g/mol. The lowest BCUT2D eigenvalue weighted by molar-refractivity contribution is 0.299. The largest absolute Gasteiger partial charge is 0.396 e. The summed E-state index contributed by atoms with van der Waals surface area (Å²) in [5, 5.41) is 16.7. The van der Waals surface area contributed by atoms with Crippen LogP contribution in [0.25, 0.3) is 0 Å². The van der Waals surface area contributed by atoms with Crippen molar-refractivity contribution >= 4 is 44.9 Å². The number of aliphatic hydroxyl groups excluding tert-OH is 1. The van der Waals surface area contributed by atoms with Gasteiger partial charge < -0.3 is 15.7 Å². The van der Waals surface area contributed by atoms with Crippen LogP contribution in [-0.2, 0) is 13.0 Å². The predicted molar refractivity (Wildman–Crippen MR) is 116 cm³/mol. The van der Waals surface area contributed by atoms with Crippen LogP contribution < -0.4 is 10.6 Å². The fourth-order valence-corrected chi connectivity index (χ4v) is 3.36. The summed E-state index contributed by atoms with van der Waals surface area (Å²) in [5.41, 5.74) is 4.00. The van der Waals surface area contributed by atoms with Gasteiger partial charge in [-0.25, -0.2) is 9.97 Å². The van der Waals surface area contributed by atoms with Crippen LogP contribution in [0.15, 0.2) is 64.4 Å². The van der Waals surface area contributed by atoms with Crippen molar-refractivity contribution in [1.29, 1.82) is 0 Å². The summed E-state index contributed by atoms with van der Waals surface area (Å²) < 4.78 is 1.01.